The molecule has 1 atom stereocenters. The van der Waals surface area contributed by atoms with Crippen molar-refractivity contribution in [1.82, 2.24) is 5.32 Å². The lowest BCUT2D eigenvalue weighted by molar-refractivity contribution is 0.199. The van der Waals surface area contributed by atoms with E-state index in [0.717, 1.165) is 30.8 Å². The number of benzene rings is 1. The van der Waals surface area contributed by atoms with Gasteiger partial charge in [-0.3, -0.25) is 0 Å². The van der Waals surface area contributed by atoms with E-state index in [9.17, 15) is 4.39 Å². The molecular weight excluding hydrogens is 257 g/mol. The molecule has 2 rings (SSSR count). The van der Waals surface area contributed by atoms with Crippen LogP contribution in [-0.4, -0.2) is 26.8 Å². The highest BCUT2D eigenvalue weighted by Gasteiger charge is 2.14. The standard InChI is InChI=1S/C16H20FNO2/c1-19-9-7-18-12-14(11-16-6-3-8-20-16)13-4-2-5-15(17)10-13/h2-6,8,10,14,18H,7,9,11-12H2,1H3. The van der Waals surface area contributed by atoms with Gasteiger partial charge in [0.05, 0.1) is 12.9 Å². The van der Waals surface area contributed by atoms with Crippen molar-refractivity contribution in [2.75, 3.05) is 26.8 Å². The van der Waals surface area contributed by atoms with Gasteiger partial charge in [-0.25, -0.2) is 4.39 Å². The Kier molecular flexibility index (Phi) is 5.77. The molecule has 0 bridgehead atoms. The molecule has 1 N–H and O–H groups in total. The van der Waals surface area contributed by atoms with Gasteiger partial charge in [-0.2, -0.15) is 0 Å². The van der Waals surface area contributed by atoms with Crippen molar-refractivity contribution in [1.29, 1.82) is 0 Å². The maximum absolute atomic E-state index is 13.4. The van der Waals surface area contributed by atoms with E-state index >= 15 is 0 Å². The van der Waals surface area contributed by atoms with Gasteiger partial charge in [-0.05, 0) is 29.8 Å². The second kappa shape index (κ2) is 7.82. The van der Waals surface area contributed by atoms with Crippen LogP contribution >= 0.6 is 0 Å². The van der Waals surface area contributed by atoms with Crippen LogP contribution in [0.25, 0.3) is 0 Å². The zero-order valence-corrected chi connectivity index (χ0v) is 11.6. The summed E-state index contributed by atoms with van der Waals surface area (Å²) in [5, 5.41) is 3.33. The first-order chi connectivity index (χ1) is 9.79. The molecule has 1 heterocycles. The Morgan fingerprint density at radius 1 is 1.30 bits per heavy atom. The first-order valence-corrected chi connectivity index (χ1v) is 6.77. The Balaban J connectivity index is 2.03. The molecule has 1 aromatic carbocycles. The third kappa shape index (κ3) is 4.47. The quantitative estimate of drug-likeness (QED) is 0.753. The van der Waals surface area contributed by atoms with Gasteiger partial charge in [-0.1, -0.05) is 12.1 Å². The lowest BCUT2D eigenvalue weighted by Gasteiger charge is -2.17. The normalized spacial score (nSPS) is 12.5. The Labute approximate surface area is 118 Å². The third-order valence-corrected chi connectivity index (χ3v) is 3.22. The first kappa shape index (κ1) is 14.8. The summed E-state index contributed by atoms with van der Waals surface area (Å²) >= 11 is 0. The zero-order valence-electron chi connectivity index (χ0n) is 11.6. The maximum Gasteiger partial charge on any atom is 0.123 e. The summed E-state index contributed by atoms with van der Waals surface area (Å²) < 4.78 is 23.8. The van der Waals surface area contributed by atoms with Crippen LogP contribution in [0.2, 0.25) is 0 Å². The minimum atomic E-state index is -0.205. The monoisotopic (exact) mass is 277 g/mol. The van der Waals surface area contributed by atoms with Gasteiger partial charge in [0, 0.05) is 32.5 Å². The Bertz CT molecular complexity index is 499. The van der Waals surface area contributed by atoms with E-state index < -0.39 is 0 Å². The molecule has 4 heteroatoms. The van der Waals surface area contributed by atoms with E-state index in [1.165, 1.54) is 6.07 Å². The molecule has 0 amide bonds. The van der Waals surface area contributed by atoms with Crippen molar-refractivity contribution >= 4 is 0 Å². The van der Waals surface area contributed by atoms with Crippen molar-refractivity contribution in [2.24, 2.45) is 0 Å². The van der Waals surface area contributed by atoms with Crippen LogP contribution in [0.15, 0.2) is 47.1 Å². The third-order valence-electron chi connectivity index (χ3n) is 3.22. The molecule has 0 saturated carbocycles. The fourth-order valence-corrected chi connectivity index (χ4v) is 2.19. The molecule has 108 valence electrons. The van der Waals surface area contributed by atoms with E-state index in [2.05, 4.69) is 5.32 Å². The minimum Gasteiger partial charge on any atom is -0.469 e. The van der Waals surface area contributed by atoms with Gasteiger partial charge in [0.2, 0.25) is 0 Å². The van der Waals surface area contributed by atoms with E-state index in [1.54, 1.807) is 25.5 Å². The summed E-state index contributed by atoms with van der Waals surface area (Å²) in [5.74, 6) is 0.880. The van der Waals surface area contributed by atoms with Gasteiger partial charge in [0.25, 0.3) is 0 Å². The molecule has 0 fully saturated rings. The number of rotatable bonds is 8. The van der Waals surface area contributed by atoms with Crippen LogP contribution in [0, 0.1) is 5.82 Å². The van der Waals surface area contributed by atoms with E-state index in [0.29, 0.717) is 6.61 Å². The Hall–Kier alpha value is -1.65. The summed E-state index contributed by atoms with van der Waals surface area (Å²) in [4.78, 5) is 0. The van der Waals surface area contributed by atoms with E-state index in [-0.39, 0.29) is 11.7 Å². The SMILES string of the molecule is COCCNCC(Cc1ccco1)c1cccc(F)c1. The van der Waals surface area contributed by atoms with Crippen molar-refractivity contribution in [3.05, 3.63) is 59.8 Å². The highest BCUT2D eigenvalue weighted by molar-refractivity contribution is 5.22. The van der Waals surface area contributed by atoms with Crippen molar-refractivity contribution in [2.45, 2.75) is 12.3 Å². The van der Waals surface area contributed by atoms with Gasteiger partial charge in [0.1, 0.15) is 11.6 Å². The molecular formula is C16H20FNO2. The molecule has 3 nitrogen and oxygen atoms in total. The molecule has 0 spiro atoms. The zero-order chi connectivity index (χ0) is 14.2. The highest BCUT2D eigenvalue weighted by atomic mass is 19.1. The van der Waals surface area contributed by atoms with Crippen molar-refractivity contribution in [3.8, 4) is 0 Å². The Morgan fingerprint density at radius 2 is 2.20 bits per heavy atom. The largest absolute Gasteiger partial charge is 0.469 e. The number of hydrogen-bond acceptors (Lipinski definition) is 3. The minimum absolute atomic E-state index is 0.175. The highest BCUT2D eigenvalue weighted by Crippen LogP contribution is 2.21. The summed E-state index contributed by atoms with van der Waals surface area (Å²) in [6.45, 7) is 2.20. The molecule has 0 radical (unpaired) electrons. The average Bonchev–Trinajstić information content (AvgIpc) is 2.95. The van der Waals surface area contributed by atoms with Crippen molar-refractivity contribution in [3.63, 3.8) is 0 Å². The topological polar surface area (TPSA) is 34.4 Å². The second-order valence-corrected chi connectivity index (χ2v) is 4.73. The molecule has 2 aromatic rings. The average molecular weight is 277 g/mol. The lowest BCUT2D eigenvalue weighted by atomic mass is 9.94. The second-order valence-electron chi connectivity index (χ2n) is 4.73. The van der Waals surface area contributed by atoms with Crippen LogP contribution in [0.1, 0.15) is 17.2 Å². The van der Waals surface area contributed by atoms with Crippen LogP contribution in [0.3, 0.4) is 0 Å². The number of halogens is 1. The molecule has 20 heavy (non-hydrogen) atoms. The number of nitrogens with one attached hydrogen (secondary N) is 1. The van der Waals surface area contributed by atoms with Crippen LogP contribution in [-0.2, 0) is 11.2 Å². The van der Waals surface area contributed by atoms with Crippen LogP contribution in [0.4, 0.5) is 4.39 Å². The number of methoxy groups -OCH3 is 1. The predicted molar refractivity (Wildman–Crippen MR) is 76.3 cm³/mol. The fraction of sp³-hybridized carbons (Fsp3) is 0.375. The molecule has 0 aliphatic rings. The fourth-order valence-electron chi connectivity index (χ4n) is 2.19. The van der Waals surface area contributed by atoms with E-state index in [4.69, 9.17) is 9.15 Å². The first-order valence-electron chi connectivity index (χ1n) is 6.77. The van der Waals surface area contributed by atoms with Gasteiger partial charge < -0.3 is 14.5 Å². The molecule has 0 aliphatic heterocycles. The molecule has 0 aliphatic carbocycles. The molecule has 1 aromatic heterocycles. The van der Waals surface area contributed by atoms with Crippen LogP contribution in [0.5, 0.6) is 0 Å². The molecule has 1 unspecified atom stereocenters. The lowest BCUT2D eigenvalue weighted by Crippen LogP contribution is -2.26. The number of ether oxygens (including phenoxy) is 1. The summed E-state index contributed by atoms with van der Waals surface area (Å²) in [6, 6.07) is 10.6. The molecule has 0 saturated heterocycles. The number of furan rings is 1. The predicted octanol–water partition coefficient (Wildman–Crippen LogP) is 2.98. The van der Waals surface area contributed by atoms with Gasteiger partial charge in [-0.15, -0.1) is 0 Å². The maximum atomic E-state index is 13.4. The smallest absolute Gasteiger partial charge is 0.123 e. The summed E-state index contributed by atoms with van der Waals surface area (Å²) in [6.07, 6.45) is 2.41. The van der Waals surface area contributed by atoms with Gasteiger partial charge in [0.15, 0.2) is 0 Å². The summed E-state index contributed by atoms with van der Waals surface area (Å²) in [5.41, 5.74) is 0.978. The Morgan fingerprint density at radius 3 is 2.90 bits per heavy atom. The van der Waals surface area contributed by atoms with E-state index in [1.807, 2.05) is 18.2 Å². The van der Waals surface area contributed by atoms with Gasteiger partial charge >= 0.3 is 0 Å². The number of hydrogen-bond donors (Lipinski definition) is 1. The summed E-state index contributed by atoms with van der Waals surface area (Å²) in [7, 11) is 1.68. The van der Waals surface area contributed by atoms with Crippen LogP contribution < -0.4 is 5.32 Å². The van der Waals surface area contributed by atoms with Crippen molar-refractivity contribution < 1.29 is 13.5 Å².